The van der Waals surface area contributed by atoms with E-state index in [9.17, 15) is 0 Å². The van der Waals surface area contributed by atoms with Gasteiger partial charge in [-0.1, -0.05) is 13.8 Å². The molecule has 0 aliphatic heterocycles. The van der Waals surface area contributed by atoms with Crippen molar-refractivity contribution in [2.75, 3.05) is 92.5 Å². The molecular weight excluding hydrogens is 488 g/mol. The van der Waals surface area contributed by atoms with Gasteiger partial charge in [0.1, 0.15) is 0 Å². The predicted octanol–water partition coefficient (Wildman–Crippen LogP) is -5.40. The molecule has 0 aromatic heterocycles. The lowest BCUT2D eigenvalue weighted by molar-refractivity contribution is -0.0332. The topological polar surface area (TPSA) is 283 Å². The number of hydrogen-bond acceptors (Lipinski definition) is 14. The van der Waals surface area contributed by atoms with Crippen LogP contribution in [0.2, 0.25) is 0 Å². The second-order valence-electron chi connectivity index (χ2n) is 8.92. The molecule has 14 N–H and O–H groups in total. The zero-order valence-corrected chi connectivity index (χ0v) is 21.6. The molecule has 0 amide bonds. The van der Waals surface area contributed by atoms with Gasteiger partial charge in [0, 0.05) is 10.8 Å². The summed E-state index contributed by atoms with van der Waals surface area (Å²) >= 11 is 0. The van der Waals surface area contributed by atoms with Crippen molar-refractivity contribution in [3.63, 3.8) is 0 Å². The van der Waals surface area contributed by atoms with Gasteiger partial charge < -0.3 is 71.5 Å². The SMILES string of the molecule is CCC(CO)(CO)CO.CCC(CO)(CO)CO.OCC(CO)(CO)CO.OCC(CO)(CO)CO. The molecule has 0 saturated heterocycles. The zero-order chi connectivity index (χ0) is 29.3. The summed E-state index contributed by atoms with van der Waals surface area (Å²) in [5.41, 5.74) is -3.56. The Morgan fingerprint density at radius 3 is 0.361 bits per heavy atom. The molecule has 0 spiro atoms. The molecule has 0 atom stereocenters. The van der Waals surface area contributed by atoms with Crippen LogP contribution in [-0.4, -0.2) is 164 Å². The fourth-order valence-electron chi connectivity index (χ4n) is 1.57. The third-order valence-corrected chi connectivity index (χ3v) is 6.20. The van der Waals surface area contributed by atoms with E-state index >= 15 is 0 Å². The maximum absolute atomic E-state index is 8.66. The van der Waals surface area contributed by atoms with Gasteiger partial charge in [-0.05, 0) is 12.8 Å². The van der Waals surface area contributed by atoms with E-state index in [0.717, 1.165) is 0 Å². The Bertz CT molecular complexity index is 286. The molecule has 0 aromatic rings. The molecule has 0 radical (unpaired) electrons. The molecule has 14 nitrogen and oxygen atoms in total. The Morgan fingerprint density at radius 2 is 0.361 bits per heavy atom. The first-order valence-electron chi connectivity index (χ1n) is 11.5. The molecule has 14 heteroatoms. The molecule has 0 rings (SSSR count). The number of aliphatic hydroxyl groups is 14. The van der Waals surface area contributed by atoms with Gasteiger partial charge in [0.25, 0.3) is 0 Å². The molecule has 0 bridgehead atoms. The van der Waals surface area contributed by atoms with Crippen molar-refractivity contribution in [3.05, 3.63) is 0 Å². The number of hydrogen-bond donors (Lipinski definition) is 14. The summed E-state index contributed by atoms with van der Waals surface area (Å²) in [4.78, 5) is 0. The first kappa shape index (κ1) is 42.5. The van der Waals surface area contributed by atoms with Crippen molar-refractivity contribution in [1.29, 1.82) is 0 Å². The van der Waals surface area contributed by atoms with Crippen molar-refractivity contribution < 1.29 is 71.5 Å². The smallest absolute Gasteiger partial charge is 0.0627 e. The van der Waals surface area contributed by atoms with E-state index in [-0.39, 0.29) is 39.6 Å². The summed E-state index contributed by atoms with van der Waals surface area (Å²) < 4.78 is 0. The molecule has 36 heavy (non-hydrogen) atoms. The second kappa shape index (κ2) is 24.8. The number of rotatable bonds is 16. The van der Waals surface area contributed by atoms with Crippen molar-refractivity contribution in [1.82, 2.24) is 0 Å². The second-order valence-corrected chi connectivity index (χ2v) is 8.92. The van der Waals surface area contributed by atoms with Crippen LogP contribution >= 0.6 is 0 Å². The van der Waals surface area contributed by atoms with Crippen LogP contribution in [0.1, 0.15) is 26.7 Å². The molecule has 0 aliphatic rings. The van der Waals surface area contributed by atoms with Gasteiger partial charge in [-0.3, -0.25) is 0 Å². The standard InChI is InChI=1S/2C6H14O3.2C5H12O4/c2*1-2-6(3-7,4-8)5-9;2*6-1-5(2-7,3-8)4-9/h2*7-9H,2-5H2,1H3;2*6-9H,1-4H2. The molecule has 0 aliphatic carbocycles. The molecule has 0 saturated carbocycles. The third kappa shape index (κ3) is 15.6. The van der Waals surface area contributed by atoms with Crippen LogP contribution in [0, 0.1) is 21.7 Å². The van der Waals surface area contributed by atoms with Gasteiger partial charge >= 0.3 is 0 Å². The lowest BCUT2D eigenvalue weighted by Gasteiger charge is -2.24. The van der Waals surface area contributed by atoms with Gasteiger partial charge in [0.05, 0.1) is 103 Å². The Labute approximate surface area is 213 Å². The van der Waals surface area contributed by atoms with Gasteiger partial charge in [-0.2, -0.15) is 0 Å². The average molecular weight is 541 g/mol. The predicted molar refractivity (Wildman–Crippen MR) is 130 cm³/mol. The zero-order valence-electron chi connectivity index (χ0n) is 21.6. The van der Waals surface area contributed by atoms with Crippen molar-refractivity contribution in [2.45, 2.75) is 26.7 Å². The molecule has 0 aromatic carbocycles. The first-order chi connectivity index (χ1) is 17.0. The first-order valence-corrected chi connectivity index (χ1v) is 11.5. The van der Waals surface area contributed by atoms with Crippen molar-refractivity contribution in [2.24, 2.45) is 21.7 Å². The minimum absolute atomic E-state index is 0.156. The van der Waals surface area contributed by atoms with Crippen LogP contribution in [0.15, 0.2) is 0 Å². The average Bonchev–Trinajstić information content (AvgIpc) is 2.96. The van der Waals surface area contributed by atoms with Gasteiger partial charge in [-0.15, -0.1) is 0 Å². The van der Waals surface area contributed by atoms with Crippen LogP contribution in [0.3, 0.4) is 0 Å². The van der Waals surface area contributed by atoms with Crippen LogP contribution in [0.4, 0.5) is 0 Å². The summed E-state index contributed by atoms with van der Waals surface area (Å²) in [6.45, 7) is -0.543. The fourth-order valence-corrected chi connectivity index (χ4v) is 1.57. The highest BCUT2D eigenvalue weighted by Crippen LogP contribution is 2.19. The van der Waals surface area contributed by atoms with Crippen LogP contribution in [-0.2, 0) is 0 Å². The lowest BCUT2D eigenvalue weighted by Crippen LogP contribution is -2.37. The monoisotopic (exact) mass is 540 g/mol. The maximum atomic E-state index is 8.66. The van der Waals surface area contributed by atoms with E-state index in [1.807, 2.05) is 13.8 Å². The molecule has 0 unspecified atom stereocenters. The van der Waals surface area contributed by atoms with E-state index in [1.165, 1.54) is 0 Å². The number of aliphatic hydroxyl groups excluding tert-OH is 14. The highest BCUT2D eigenvalue weighted by Gasteiger charge is 2.27. The summed E-state index contributed by atoms with van der Waals surface area (Å²) in [6, 6.07) is 0. The van der Waals surface area contributed by atoms with E-state index in [2.05, 4.69) is 0 Å². The Hall–Kier alpha value is -0.560. The summed E-state index contributed by atoms with van der Waals surface area (Å²) in [6.07, 6.45) is 1.19. The summed E-state index contributed by atoms with van der Waals surface area (Å²) in [5.74, 6) is 0. The van der Waals surface area contributed by atoms with Crippen LogP contribution in [0.25, 0.3) is 0 Å². The highest BCUT2D eigenvalue weighted by atomic mass is 16.3. The van der Waals surface area contributed by atoms with Crippen LogP contribution in [0.5, 0.6) is 0 Å². The maximum Gasteiger partial charge on any atom is 0.0627 e. The third-order valence-electron chi connectivity index (χ3n) is 6.20. The largest absolute Gasteiger partial charge is 0.396 e. The van der Waals surface area contributed by atoms with E-state index in [4.69, 9.17) is 71.5 Å². The van der Waals surface area contributed by atoms with E-state index < -0.39 is 74.5 Å². The van der Waals surface area contributed by atoms with Gasteiger partial charge in [0.15, 0.2) is 0 Å². The summed E-state index contributed by atoms with van der Waals surface area (Å²) in [5, 5.41) is 120. The molecule has 0 heterocycles. The van der Waals surface area contributed by atoms with Crippen molar-refractivity contribution >= 4 is 0 Å². The Balaban J connectivity index is -0.000000190. The lowest BCUT2D eigenvalue weighted by atomic mass is 9.88. The minimum atomic E-state index is -1.11. The van der Waals surface area contributed by atoms with Gasteiger partial charge in [-0.25, -0.2) is 0 Å². The minimum Gasteiger partial charge on any atom is -0.396 e. The fraction of sp³-hybridized carbons (Fsp3) is 1.00. The summed E-state index contributed by atoms with van der Waals surface area (Å²) in [7, 11) is 0. The Kier molecular flexibility index (Phi) is 29.2. The molecule has 0 fully saturated rings. The molecule has 224 valence electrons. The van der Waals surface area contributed by atoms with E-state index in [1.54, 1.807) is 0 Å². The van der Waals surface area contributed by atoms with Crippen LogP contribution < -0.4 is 0 Å². The van der Waals surface area contributed by atoms with Gasteiger partial charge in [0.2, 0.25) is 0 Å². The highest BCUT2D eigenvalue weighted by molar-refractivity contribution is 4.76. The Morgan fingerprint density at radius 1 is 0.250 bits per heavy atom. The quantitative estimate of drug-likeness (QED) is 0.0870. The molecular formula is C22H52O14. The normalized spacial score (nSPS) is 12.0. The van der Waals surface area contributed by atoms with Crippen molar-refractivity contribution in [3.8, 4) is 0 Å². The van der Waals surface area contributed by atoms with E-state index in [0.29, 0.717) is 12.8 Å².